The fraction of sp³-hybridized carbons (Fsp3) is 0.714. The van der Waals surface area contributed by atoms with E-state index in [9.17, 15) is 4.79 Å². The summed E-state index contributed by atoms with van der Waals surface area (Å²) in [6, 6.07) is 3.60. The van der Waals surface area contributed by atoms with Crippen molar-refractivity contribution >= 4 is 5.91 Å². The van der Waals surface area contributed by atoms with Crippen LogP contribution in [0, 0.1) is 5.92 Å². The zero-order valence-corrected chi connectivity index (χ0v) is 16.0. The Morgan fingerprint density at radius 2 is 1.85 bits per heavy atom. The smallest absolute Gasteiger partial charge is 0.242 e. The molecule has 26 heavy (non-hydrogen) atoms. The molecule has 0 radical (unpaired) electrons. The second kappa shape index (κ2) is 9.47. The Balaban J connectivity index is 1.43. The first-order valence-electron chi connectivity index (χ1n) is 10.2. The van der Waals surface area contributed by atoms with Gasteiger partial charge in [0.25, 0.3) is 0 Å². The lowest BCUT2D eigenvalue weighted by Gasteiger charge is -2.35. The van der Waals surface area contributed by atoms with Gasteiger partial charge in [0.05, 0.1) is 6.10 Å². The number of carbonyl (C=O) groups is 1. The molecule has 2 atom stereocenters. The summed E-state index contributed by atoms with van der Waals surface area (Å²) in [4.78, 5) is 18.7. The Labute approximate surface area is 157 Å². The number of ether oxygens (including phenoxy) is 1. The second-order valence-corrected chi connectivity index (χ2v) is 7.95. The van der Waals surface area contributed by atoms with Gasteiger partial charge in [0, 0.05) is 32.1 Å². The minimum absolute atomic E-state index is 0.0364. The zero-order valence-electron chi connectivity index (χ0n) is 16.0. The fourth-order valence-corrected chi connectivity index (χ4v) is 4.23. The molecule has 5 nitrogen and oxygen atoms in total. The summed E-state index contributed by atoms with van der Waals surface area (Å²) in [7, 11) is 0. The number of hydrogen-bond donors (Lipinski definition) is 1. The van der Waals surface area contributed by atoms with Gasteiger partial charge in [-0.1, -0.05) is 19.3 Å². The Bertz CT molecular complexity index is 552. The van der Waals surface area contributed by atoms with Crippen molar-refractivity contribution in [3.05, 3.63) is 30.1 Å². The van der Waals surface area contributed by atoms with Gasteiger partial charge in [0.2, 0.25) is 5.91 Å². The maximum Gasteiger partial charge on any atom is 0.242 e. The number of amides is 1. The molecular formula is C21H33N3O2. The van der Waals surface area contributed by atoms with Crippen LogP contribution < -0.4 is 5.73 Å². The van der Waals surface area contributed by atoms with Gasteiger partial charge in [-0.05, 0) is 62.1 Å². The van der Waals surface area contributed by atoms with E-state index in [4.69, 9.17) is 10.5 Å². The van der Waals surface area contributed by atoms with Gasteiger partial charge >= 0.3 is 0 Å². The number of hydrogen-bond acceptors (Lipinski definition) is 4. The van der Waals surface area contributed by atoms with Crippen LogP contribution in [0.3, 0.4) is 0 Å². The molecule has 1 saturated heterocycles. The Morgan fingerprint density at radius 3 is 2.50 bits per heavy atom. The van der Waals surface area contributed by atoms with Crippen LogP contribution in [0.25, 0.3) is 0 Å². The van der Waals surface area contributed by atoms with E-state index in [1.807, 2.05) is 24.2 Å². The van der Waals surface area contributed by atoms with E-state index >= 15 is 0 Å². The summed E-state index contributed by atoms with van der Waals surface area (Å²) in [6.07, 6.45) is 11.9. The maximum atomic E-state index is 12.7. The third kappa shape index (κ3) is 5.04. The van der Waals surface area contributed by atoms with Crippen molar-refractivity contribution in [2.45, 2.75) is 69.9 Å². The number of nitrogens with zero attached hydrogens (tertiary/aromatic N) is 2. The molecule has 1 aromatic heterocycles. The van der Waals surface area contributed by atoms with Gasteiger partial charge in [0.15, 0.2) is 0 Å². The predicted octanol–water partition coefficient (Wildman–Crippen LogP) is 3.10. The van der Waals surface area contributed by atoms with E-state index in [0.29, 0.717) is 11.8 Å². The quantitative estimate of drug-likeness (QED) is 0.847. The van der Waals surface area contributed by atoms with E-state index in [-0.39, 0.29) is 12.0 Å². The van der Waals surface area contributed by atoms with Crippen molar-refractivity contribution in [3.63, 3.8) is 0 Å². The molecule has 0 bridgehead atoms. The standard InChI is InChI=1S/C21H33N3O2/c1-16(26-15-17-5-3-2-4-6-17)20(22)21(25)24-13-9-19(10-14-24)18-7-11-23-12-8-18/h7-8,11-12,16-17,19-20H,2-6,9-10,13-15,22H2,1H3/t16-,20+/m1/s1. The molecule has 1 aliphatic carbocycles. The normalized spacial score (nSPS) is 22.2. The summed E-state index contributed by atoms with van der Waals surface area (Å²) >= 11 is 0. The maximum absolute atomic E-state index is 12.7. The number of rotatable bonds is 6. The molecule has 3 rings (SSSR count). The van der Waals surface area contributed by atoms with Gasteiger partial charge < -0.3 is 15.4 Å². The van der Waals surface area contributed by atoms with Crippen LogP contribution in [-0.4, -0.2) is 47.6 Å². The third-order valence-electron chi connectivity index (χ3n) is 6.09. The first-order chi connectivity index (χ1) is 12.6. The van der Waals surface area contributed by atoms with Crippen LogP contribution >= 0.6 is 0 Å². The predicted molar refractivity (Wildman–Crippen MR) is 103 cm³/mol. The highest BCUT2D eigenvalue weighted by Gasteiger charge is 2.30. The number of carbonyl (C=O) groups excluding carboxylic acids is 1. The van der Waals surface area contributed by atoms with Crippen LogP contribution in [0.15, 0.2) is 24.5 Å². The van der Waals surface area contributed by atoms with Crippen LogP contribution in [0.5, 0.6) is 0 Å². The summed E-state index contributed by atoms with van der Waals surface area (Å²) in [5, 5.41) is 0. The Morgan fingerprint density at radius 1 is 1.19 bits per heavy atom. The van der Waals surface area contributed by atoms with Crippen molar-refractivity contribution in [1.29, 1.82) is 0 Å². The molecule has 1 aromatic rings. The molecule has 2 N–H and O–H groups in total. The highest BCUT2D eigenvalue weighted by Crippen LogP contribution is 2.28. The molecule has 1 aliphatic heterocycles. The van der Waals surface area contributed by atoms with Gasteiger partial charge in [-0.15, -0.1) is 0 Å². The number of nitrogens with two attached hydrogens (primary N) is 1. The van der Waals surface area contributed by atoms with Gasteiger partial charge in [-0.2, -0.15) is 0 Å². The SMILES string of the molecule is C[C@@H](OCC1CCCCC1)[C@H](N)C(=O)N1CCC(c2ccncc2)CC1. The van der Waals surface area contributed by atoms with Crippen molar-refractivity contribution in [2.75, 3.05) is 19.7 Å². The summed E-state index contributed by atoms with van der Waals surface area (Å²) in [5.74, 6) is 1.19. The largest absolute Gasteiger partial charge is 0.376 e. The van der Waals surface area contributed by atoms with E-state index < -0.39 is 6.04 Å². The lowest BCUT2D eigenvalue weighted by atomic mass is 9.89. The van der Waals surface area contributed by atoms with Gasteiger partial charge in [-0.25, -0.2) is 0 Å². The number of likely N-dealkylation sites (tertiary alicyclic amines) is 1. The third-order valence-corrected chi connectivity index (χ3v) is 6.09. The summed E-state index contributed by atoms with van der Waals surface area (Å²) < 4.78 is 5.97. The topological polar surface area (TPSA) is 68.5 Å². The summed E-state index contributed by atoms with van der Waals surface area (Å²) in [6.45, 7) is 4.23. The van der Waals surface area contributed by atoms with Gasteiger partial charge in [0.1, 0.15) is 6.04 Å². The molecule has 0 unspecified atom stereocenters. The number of piperidine rings is 1. The first-order valence-corrected chi connectivity index (χ1v) is 10.2. The highest BCUT2D eigenvalue weighted by molar-refractivity contribution is 5.82. The number of pyridine rings is 1. The summed E-state index contributed by atoms with van der Waals surface area (Å²) in [5.41, 5.74) is 7.55. The van der Waals surface area contributed by atoms with Crippen LogP contribution in [0.1, 0.15) is 63.4 Å². The van der Waals surface area contributed by atoms with E-state index in [1.165, 1.54) is 37.7 Å². The molecule has 0 aromatic carbocycles. The van der Waals surface area contributed by atoms with Crippen LogP contribution in [-0.2, 0) is 9.53 Å². The van der Waals surface area contributed by atoms with Crippen molar-refractivity contribution in [1.82, 2.24) is 9.88 Å². The lowest BCUT2D eigenvalue weighted by Crippen LogP contribution is -2.52. The Hall–Kier alpha value is -1.46. The molecule has 1 saturated carbocycles. The lowest BCUT2D eigenvalue weighted by molar-refractivity contribution is -0.137. The van der Waals surface area contributed by atoms with Crippen molar-refractivity contribution < 1.29 is 9.53 Å². The molecule has 2 aliphatic rings. The molecule has 144 valence electrons. The number of aromatic nitrogens is 1. The Kier molecular flexibility index (Phi) is 7.03. The minimum Gasteiger partial charge on any atom is -0.376 e. The van der Waals surface area contributed by atoms with E-state index in [0.717, 1.165) is 32.5 Å². The molecule has 2 heterocycles. The molecule has 5 heteroatoms. The van der Waals surface area contributed by atoms with Gasteiger partial charge in [-0.3, -0.25) is 9.78 Å². The van der Waals surface area contributed by atoms with E-state index in [1.54, 1.807) is 0 Å². The first kappa shape index (κ1) is 19.3. The minimum atomic E-state index is -0.559. The van der Waals surface area contributed by atoms with Crippen LogP contribution in [0.4, 0.5) is 0 Å². The van der Waals surface area contributed by atoms with Crippen molar-refractivity contribution in [3.8, 4) is 0 Å². The molecule has 2 fully saturated rings. The zero-order chi connectivity index (χ0) is 18.4. The fourth-order valence-electron chi connectivity index (χ4n) is 4.23. The van der Waals surface area contributed by atoms with Crippen LogP contribution in [0.2, 0.25) is 0 Å². The van der Waals surface area contributed by atoms with Crippen molar-refractivity contribution in [2.24, 2.45) is 11.7 Å². The average molecular weight is 360 g/mol. The second-order valence-electron chi connectivity index (χ2n) is 7.95. The average Bonchev–Trinajstić information content (AvgIpc) is 2.72. The van der Waals surface area contributed by atoms with E-state index in [2.05, 4.69) is 17.1 Å². The molecule has 1 amide bonds. The molecule has 0 spiro atoms. The highest BCUT2D eigenvalue weighted by atomic mass is 16.5. The molecular weight excluding hydrogens is 326 g/mol. The monoisotopic (exact) mass is 359 g/mol.